The Morgan fingerprint density at radius 1 is 1.38 bits per heavy atom. The van der Waals surface area contributed by atoms with Crippen LogP contribution in [0.2, 0.25) is 0 Å². The summed E-state index contributed by atoms with van der Waals surface area (Å²) in [6, 6.07) is 3.23. The van der Waals surface area contributed by atoms with E-state index in [9.17, 15) is 13.2 Å². The maximum absolute atomic E-state index is 12.6. The van der Waals surface area contributed by atoms with Crippen LogP contribution in [-0.2, 0) is 6.18 Å². The predicted molar refractivity (Wildman–Crippen MR) is 77.3 cm³/mol. The van der Waals surface area contributed by atoms with Crippen molar-refractivity contribution in [1.29, 1.82) is 0 Å². The third-order valence-electron chi connectivity index (χ3n) is 4.07. The van der Waals surface area contributed by atoms with Gasteiger partial charge in [0.15, 0.2) is 0 Å². The monoisotopic (exact) mass is 301 g/mol. The molecule has 1 aliphatic rings. The van der Waals surface area contributed by atoms with Crippen LogP contribution in [0, 0.1) is 5.92 Å². The third kappa shape index (κ3) is 3.67. The highest BCUT2D eigenvalue weighted by molar-refractivity contribution is 5.47. The molecule has 1 saturated heterocycles. The van der Waals surface area contributed by atoms with E-state index < -0.39 is 11.9 Å². The van der Waals surface area contributed by atoms with E-state index in [4.69, 9.17) is 0 Å². The number of alkyl halides is 3. The number of halogens is 3. The lowest BCUT2D eigenvalue weighted by atomic mass is 9.97. The first-order valence-electron chi connectivity index (χ1n) is 7.36. The molecular weight excluding hydrogens is 279 g/mol. The Labute approximate surface area is 123 Å². The van der Waals surface area contributed by atoms with E-state index in [0.717, 1.165) is 31.3 Å². The van der Waals surface area contributed by atoms with Crippen molar-refractivity contribution in [2.45, 2.75) is 45.5 Å². The Morgan fingerprint density at radius 2 is 2.10 bits per heavy atom. The second-order valence-corrected chi connectivity index (χ2v) is 5.88. The molecule has 1 aromatic heterocycles. The number of rotatable bonds is 3. The summed E-state index contributed by atoms with van der Waals surface area (Å²) in [4.78, 5) is 5.77. The number of piperazine rings is 1. The summed E-state index contributed by atoms with van der Waals surface area (Å²) in [7, 11) is 0. The van der Waals surface area contributed by atoms with E-state index in [2.05, 4.69) is 36.0 Å². The van der Waals surface area contributed by atoms with E-state index in [0.29, 0.717) is 12.0 Å². The van der Waals surface area contributed by atoms with E-state index in [1.54, 1.807) is 0 Å². The lowest BCUT2D eigenvalue weighted by Crippen LogP contribution is -2.58. The van der Waals surface area contributed by atoms with Crippen LogP contribution in [0.15, 0.2) is 18.3 Å². The fourth-order valence-electron chi connectivity index (χ4n) is 2.72. The van der Waals surface area contributed by atoms with E-state index >= 15 is 0 Å². The van der Waals surface area contributed by atoms with Gasteiger partial charge < -0.3 is 10.2 Å². The van der Waals surface area contributed by atoms with Crippen molar-refractivity contribution in [3.8, 4) is 0 Å². The van der Waals surface area contributed by atoms with Crippen LogP contribution in [0.1, 0.15) is 32.9 Å². The Morgan fingerprint density at radius 3 is 2.57 bits per heavy atom. The normalized spacial score (nSPS) is 23.7. The molecular formula is C15H22F3N3. The highest BCUT2D eigenvalue weighted by atomic mass is 19.4. The van der Waals surface area contributed by atoms with Crippen molar-refractivity contribution >= 4 is 5.69 Å². The molecule has 2 heterocycles. The zero-order chi connectivity index (χ0) is 15.6. The van der Waals surface area contributed by atoms with Gasteiger partial charge in [-0.05, 0) is 24.5 Å². The average Bonchev–Trinajstić information content (AvgIpc) is 2.45. The van der Waals surface area contributed by atoms with Crippen molar-refractivity contribution < 1.29 is 13.2 Å². The Hall–Kier alpha value is -1.30. The van der Waals surface area contributed by atoms with E-state index in [1.807, 2.05) is 0 Å². The van der Waals surface area contributed by atoms with Gasteiger partial charge in [0.25, 0.3) is 0 Å². The summed E-state index contributed by atoms with van der Waals surface area (Å²) in [5.74, 6) is 0.414. The first kappa shape index (κ1) is 16.1. The van der Waals surface area contributed by atoms with Gasteiger partial charge in [-0.2, -0.15) is 13.2 Å². The predicted octanol–water partition coefficient (Wildman–Crippen LogP) is 3.31. The second-order valence-electron chi connectivity index (χ2n) is 5.88. The molecule has 2 atom stereocenters. The van der Waals surface area contributed by atoms with Gasteiger partial charge in [-0.1, -0.05) is 20.8 Å². The molecule has 21 heavy (non-hydrogen) atoms. The van der Waals surface area contributed by atoms with Gasteiger partial charge in [0, 0.05) is 25.2 Å². The highest BCUT2D eigenvalue weighted by Crippen LogP contribution is 2.30. The standard InChI is InChI=1S/C15H22F3N3/c1-4-11-9-21(13(8-19-11)10(2)3)12-5-6-14(20-7-12)15(16,17)18/h5-7,10-11,13,19H,4,8-9H2,1-3H3. The first-order chi connectivity index (χ1) is 9.82. The largest absolute Gasteiger partial charge is 0.433 e. The minimum atomic E-state index is -4.38. The number of nitrogens with zero attached hydrogens (tertiary/aromatic N) is 2. The molecule has 118 valence electrons. The summed E-state index contributed by atoms with van der Waals surface area (Å²) >= 11 is 0. The Bertz CT molecular complexity index is 456. The number of hydrogen-bond acceptors (Lipinski definition) is 3. The topological polar surface area (TPSA) is 28.2 Å². The molecule has 2 unspecified atom stereocenters. The number of hydrogen-bond donors (Lipinski definition) is 1. The van der Waals surface area contributed by atoms with Gasteiger partial charge in [0.1, 0.15) is 5.69 Å². The molecule has 0 aliphatic carbocycles. The van der Waals surface area contributed by atoms with Crippen LogP contribution in [0.5, 0.6) is 0 Å². The molecule has 6 heteroatoms. The van der Waals surface area contributed by atoms with Crippen LogP contribution in [0.4, 0.5) is 18.9 Å². The maximum atomic E-state index is 12.6. The smallest absolute Gasteiger partial charge is 0.364 e. The van der Waals surface area contributed by atoms with Crippen LogP contribution in [0.3, 0.4) is 0 Å². The molecule has 3 nitrogen and oxygen atoms in total. The quantitative estimate of drug-likeness (QED) is 0.928. The van der Waals surface area contributed by atoms with Gasteiger partial charge in [-0.25, -0.2) is 4.98 Å². The van der Waals surface area contributed by atoms with Gasteiger partial charge in [-0.3, -0.25) is 0 Å². The summed E-state index contributed by atoms with van der Waals surface area (Å²) in [6.07, 6.45) is -2.04. The SMILES string of the molecule is CCC1CN(c2ccc(C(F)(F)F)nc2)C(C(C)C)CN1. The van der Waals surface area contributed by atoms with Crippen LogP contribution < -0.4 is 10.2 Å². The van der Waals surface area contributed by atoms with Gasteiger partial charge in [0.05, 0.1) is 11.9 Å². The molecule has 0 spiro atoms. The average molecular weight is 301 g/mol. The van der Waals surface area contributed by atoms with Gasteiger partial charge in [0.2, 0.25) is 0 Å². The summed E-state index contributed by atoms with van der Waals surface area (Å²) in [5, 5.41) is 3.49. The van der Waals surface area contributed by atoms with Crippen molar-refractivity contribution in [1.82, 2.24) is 10.3 Å². The molecule has 2 rings (SSSR count). The molecule has 0 saturated carbocycles. The third-order valence-corrected chi connectivity index (χ3v) is 4.07. The van der Waals surface area contributed by atoms with E-state index in [1.165, 1.54) is 12.3 Å². The minimum absolute atomic E-state index is 0.270. The molecule has 1 aliphatic heterocycles. The minimum Gasteiger partial charge on any atom is -0.364 e. The maximum Gasteiger partial charge on any atom is 0.433 e. The molecule has 0 aromatic carbocycles. The van der Waals surface area contributed by atoms with Crippen molar-refractivity contribution in [3.05, 3.63) is 24.0 Å². The molecule has 0 bridgehead atoms. The first-order valence-corrected chi connectivity index (χ1v) is 7.36. The highest BCUT2D eigenvalue weighted by Gasteiger charge is 2.33. The van der Waals surface area contributed by atoms with Crippen molar-refractivity contribution in [2.24, 2.45) is 5.92 Å². The van der Waals surface area contributed by atoms with Gasteiger partial charge >= 0.3 is 6.18 Å². The summed E-state index contributed by atoms with van der Waals surface area (Å²) < 4.78 is 37.8. The fraction of sp³-hybridized carbons (Fsp3) is 0.667. The molecule has 1 aromatic rings. The van der Waals surface area contributed by atoms with Gasteiger partial charge in [-0.15, -0.1) is 0 Å². The summed E-state index contributed by atoms with van der Waals surface area (Å²) in [5.41, 5.74) is -0.0730. The lowest BCUT2D eigenvalue weighted by molar-refractivity contribution is -0.141. The molecule has 1 N–H and O–H groups in total. The van der Waals surface area contributed by atoms with Crippen molar-refractivity contribution in [3.63, 3.8) is 0 Å². The zero-order valence-corrected chi connectivity index (χ0v) is 12.6. The fourth-order valence-corrected chi connectivity index (χ4v) is 2.72. The number of nitrogens with one attached hydrogen (secondary N) is 1. The Balaban J connectivity index is 2.23. The van der Waals surface area contributed by atoms with Crippen molar-refractivity contribution in [2.75, 3.05) is 18.0 Å². The number of aromatic nitrogens is 1. The Kier molecular flexibility index (Phi) is 4.76. The van der Waals surface area contributed by atoms with Crippen LogP contribution >= 0.6 is 0 Å². The zero-order valence-electron chi connectivity index (χ0n) is 12.6. The number of pyridine rings is 1. The number of anilines is 1. The molecule has 0 amide bonds. The van der Waals surface area contributed by atoms with Crippen LogP contribution in [-0.4, -0.2) is 30.2 Å². The second kappa shape index (κ2) is 6.22. The van der Waals surface area contributed by atoms with Crippen LogP contribution in [0.25, 0.3) is 0 Å². The molecule has 0 radical (unpaired) electrons. The van der Waals surface area contributed by atoms with E-state index in [-0.39, 0.29) is 6.04 Å². The summed E-state index contributed by atoms with van der Waals surface area (Å²) in [6.45, 7) is 8.01. The molecule has 1 fully saturated rings. The lowest BCUT2D eigenvalue weighted by Gasteiger charge is -2.43.